The zero-order valence-corrected chi connectivity index (χ0v) is 19.5. The molecule has 0 saturated carbocycles. The number of hydrogen-bond donors (Lipinski definition) is 2. The number of nitrogens with zero attached hydrogens (tertiary/aromatic N) is 4. The molecular weight excluding hydrogens is 492 g/mol. The van der Waals surface area contributed by atoms with Crippen LogP contribution in [0.4, 0.5) is 5.69 Å². The highest BCUT2D eigenvalue weighted by Crippen LogP contribution is 2.33. The van der Waals surface area contributed by atoms with Crippen LogP contribution in [0.5, 0.6) is 5.75 Å². The van der Waals surface area contributed by atoms with Crippen molar-refractivity contribution in [1.82, 2.24) is 20.6 Å². The van der Waals surface area contributed by atoms with Crippen LogP contribution in [0, 0.1) is 10.1 Å². The van der Waals surface area contributed by atoms with Crippen molar-refractivity contribution in [1.29, 1.82) is 0 Å². The van der Waals surface area contributed by atoms with Gasteiger partial charge >= 0.3 is 0 Å². The lowest BCUT2D eigenvalue weighted by Gasteiger charge is -2.11. The molecule has 0 aliphatic carbocycles. The van der Waals surface area contributed by atoms with Crippen molar-refractivity contribution in [2.75, 3.05) is 0 Å². The van der Waals surface area contributed by atoms with Gasteiger partial charge in [0.25, 0.3) is 11.6 Å². The molecule has 4 rings (SSSR count). The summed E-state index contributed by atoms with van der Waals surface area (Å²) >= 11 is 7.25. The lowest BCUT2D eigenvalue weighted by atomic mass is 10.2. The molecule has 3 aromatic carbocycles. The Bertz CT molecular complexity index is 1380. The molecule has 176 valence electrons. The molecule has 2 N–H and O–H groups in total. The van der Waals surface area contributed by atoms with E-state index in [4.69, 9.17) is 16.3 Å². The Hall–Kier alpha value is -4.22. The van der Waals surface area contributed by atoms with Crippen molar-refractivity contribution < 1.29 is 14.5 Å². The summed E-state index contributed by atoms with van der Waals surface area (Å²) in [5.74, 6) is -0.132. The molecule has 12 heteroatoms. The smallest absolute Gasteiger partial charge is 0.283 e. The Labute approximate surface area is 208 Å². The summed E-state index contributed by atoms with van der Waals surface area (Å²) < 4.78 is 5.80. The van der Waals surface area contributed by atoms with Crippen LogP contribution in [0.1, 0.15) is 21.5 Å². The summed E-state index contributed by atoms with van der Waals surface area (Å²) in [6.07, 6.45) is 2.64. The van der Waals surface area contributed by atoms with Crippen molar-refractivity contribution in [3.8, 4) is 5.75 Å². The summed E-state index contributed by atoms with van der Waals surface area (Å²) in [6.45, 7) is 0.190. The number of nitro benzene ring substituents is 1. The van der Waals surface area contributed by atoms with Gasteiger partial charge in [-0.25, -0.2) is 10.4 Å². The molecule has 0 aliphatic heterocycles. The quantitative estimate of drug-likeness (QED) is 0.187. The van der Waals surface area contributed by atoms with Crippen molar-refractivity contribution in [2.24, 2.45) is 5.10 Å². The Balaban J connectivity index is 1.43. The Morgan fingerprint density at radius 3 is 2.77 bits per heavy atom. The second-order valence-corrected chi connectivity index (χ2v) is 8.39. The van der Waals surface area contributed by atoms with E-state index in [0.717, 1.165) is 17.3 Å². The number of nitro groups is 1. The van der Waals surface area contributed by atoms with Gasteiger partial charge in [-0.1, -0.05) is 48.0 Å². The van der Waals surface area contributed by atoms with Crippen molar-refractivity contribution >= 4 is 41.2 Å². The number of hydrazone groups is 1. The number of H-pyrrole nitrogens is 1. The number of aromatic amines is 1. The molecule has 35 heavy (non-hydrogen) atoms. The topological polar surface area (TPSA) is 135 Å². The number of halogens is 1. The molecule has 0 unspecified atom stereocenters. The van der Waals surface area contributed by atoms with Crippen LogP contribution in [0.15, 0.2) is 88.2 Å². The first-order valence-corrected chi connectivity index (χ1v) is 11.3. The first-order valence-electron chi connectivity index (χ1n) is 10.1. The number of hydrogen-bond acceptors (Lipinski definition) is 8. The van der Waals surface area contributed by atoms with Gasteiger partial charge < -0.3 is 4.74 Å². The third kappa shape index (κ3) is 6.22. The fourth-order valence-corrected chi connectivity index (χ4v) is 3.94. The minimum atomic E-state index is -0.499. The highest BCUT2D eigenvalue weighted by Gasteiger charge is 2.17. The standard InChI is InChI=1S/C23H17ClN6O4S/c24-18-7-3-1-5-16(18)13-34-20-8-4-2-6-17(20)22(31)28-26-12-15-9-10-21(19(11-15)30(32)33)35-23-25-14-27-29-23/h1-12,14H,13H2,(H,28,31)(H,25,27,29)/b26-12+. The summed E-state index contributed by atoms with van der Waals surface area (Å²) in [6, 6.07) is 18.6. The number of rotatable bonds is 9. The molecule has 0 aliphatic rings. The van der Waals surface area contributed by atoms with Gasteiger partial charge in [0.15, 0.2) is 5.16 Å². The first kappa shape index (κ1) is 23.9. The van der Waals surface area contributed by atoms with Crippen molar-refractivity contribution in [2.45, 2.75) is 16.7 Å². The minimum Gasteiger partial charge on any atom is -0.488 e. The number of carbonyl (C=O) groups excluding carboxylic acids is 1. The molecule has 0 fully saturated rings. The largest absolute Gasteiger partial charge is 0.488 e. The van der Waals surface area contributed by atoms with Crippen molar-refractivity contribution in [3.63, 3.8) is 0 Å². The van der Waals surface area contributed by atoms with E-state index < -0.39 is 10.8 Å². The molecule has 0 saturated heterocycles. The lowest BCUT2D eigenvalue weighted by molar-refractivity contribution is -0.387. The number of nitrogens with one attached hydrogen (secondary N) is 2. The molecule has 10 nitrogen and oxygen atoms in total. The van der Waals surface area contributed by atoms with Gasteiger partial charge in [0, 0.05) is 22.2 Å². The van der Waals surface area contributed by atoms with Crippen LogP contribution in [-0.2, 0) is 6.61 Å². The number of para-hydroxylation sites is 1. The SMILES string of the molecule is O=C(N/N=C/c1ccc(Sc2ncn[nH]2)c([N+](=O)[O-])c1)c1ccccc1OCc1ccccc1Cl. The van der Waals surface area contributed by atoms with E-state index in [-0.39, 0.29) is 17.9 Å². The van der Waals surface area contributed by atoms with Gasteiger partial charge in [0.2, 0.25) is 0 Å². The number of carbonyl (C=O) groups is 1. The zero-order valence-electron chi connectivity index (χ0n) is 17.9. The number of benzene rings is 3. The van der Waals surface area contributed by atoms with Crippen LogP contribution in [0.3, 0.4) is 0 Å². The van der Waals surface area contributed by atoms with Crippen LogP contribution in [0.2, 0.25) is 5.02 Å². The maximum atomic E-state index is 12.7. The van der Waals surface area contributed by atoms with E-state index in [1.165, 1.54) is 18.6 Å². The molecule has 0 bridgehead atoms. The first-order chi connectivity index (χ1) is 17.0. The van der Waals surface area contributed by atoms with Crippen LogP contribution in [0.25, 0.3) is 0 Å². The molecule has 0 spiro atoms. The van der Waals surface area contributed by atoms with Gasteiger partial charge in [-0.3, -0.25) is 20.0 Å². The lowest BCUT2D eigenvalue weighted by Crippen LogP contribution is -2.18. The predicted molar refractivity (Wildman–Crippen MR) is 131 cm³/mol. The van der Waals surface area contributed by atoms with E-state index in [2.05, 4.69) is 25.7 Å². The highest BCUT2D eigenvalue weighted by molar-refractivity contribution is 7.99. The van der Waals surface area contributed by atoms with Gasteiger partial charge in [0.1, 0.15) is 18.7 Å². The molecular formula is C23H17ClN6O4S. The highest BCUT2D eigenvalue weighted by atomic mass is 35.5. The predicted octanol–water partition coefficient (Wildman–Crippen LogP) is 4.86. The van der Waals surface area contributed by atoms with Gasteiger partial charge in [-0.05, 0) is 36.0 Å². The van der Waals surface area contributed by atoms with Gasteiger partial charge in [0.05, 0.1) is 21.6 Å². The van der Waals surface area contributed by atoms with Crippen LogP contribution >= 0.6 is 23.4 Å². The van der Waals surface area contributed by atoms with E-state index in [1.807, 2.05) is 18.2 Å². The molecule has 1 heterocycles. The van der Waals surface area contributed by atoms with E-state index >= 15 is 0 Å². The summed E-state index contributed by atoms with van der Waals surface area (Å²) in [5, 5.41) is 22.8. The molecule has 0 atom stereocenters. The number of ether oxygens (including phenoxy) is 1. The molecule has 0 radical (unpaired) electrons. The van der Waals surface area contributed by atoms with E-state index in [1.54, 1.807) is 42.5 Å². The van der Waals surface area contributed by atoms with Gasteiger partial charge in [-0.2, -0.15) is 10.2 Å². The van der Waals surface area contributed by atoms with Crippen LogP contribution in [-0.4, -0.2) is 32.2 Å². The average Bonchev–Trinajstić information content (AvgIpc) is 3.37. The maximum absolute atomic E-state index is 12.7. The zero-order chi connectivity index (χ0) is 24.6. The fraction of sp³-hybridized carbons (Fsp3) is 0.0435. The summed E-state index contributed by atoms with van der Waals surface area (Å²) in [5.41, 5.74) is 3.80. The Morgan fingerprint density at radius 1 is 1.20 bits per heavy atom. The molecule has 1 aromatic heterocycles. The second-order valence-electron chi connectivity index (χ2n) is 6.95. The summed E-state index contributed by atoms with van der Waals surface area (Å²) in [7, 11) is 0. The monoisotopic (exact) mass is 508 g/mol. The maximum Gasteiger partial charge on any atom is 0.283 e. The van der Waals surface area contributed by atoms with E-state index in [9.17, 15) is 14.9 Å². The van der Waals surface area contributed by atoms with Crippen LogP contribution < -0.4 is 10.2 Å². The third-order valence-corrected chi connectivity index (χ3v) is 5.96. The van der Waals surface area contributed by atoms with Gasteiger partial charge in [-0.15, -0.1) is 0 Å². The number of aromatic nitrogens is 3. The summed E-state index contributed by atoms with van der Waals surface area (Å²) in [4.78, 5) is 28.0. The van der Waals surface area contributed by atoms with E-state index in [0.29, 0.717) is 26.4 Å². The molecule has 1 amide bonds. The fourth-order valence-electron chi connectivity index (χ4n) is 2.97. The van der Waals surface area contributed by atoms with Crippen molar-refractivity contribution in [3.05, 3.63) is 105 Å². The normalized spacial score (nSPS) is 10.9. The number of amides is 1. The Kier molecular flexibility index (Phi) is 7.70. The third-order valence-electron chi connectivity index (χ3n) is 4.63. The molecule has 4 aromatic rings. The average molecular weight is 509 g/mol. The Morgan fingerprint density at radius 2 is 2.00 bits per heavy atom. The second kappa shape index (κ2) is 11.3. The minimum absolute atomic E-state index is 0.125.